The third kappa shape index (κ3) is 5.98. The molecule has 0 saturated carbocycles. The normalized spacial score (nSPS) is 15.3. The minimum absolute atomic E-state index is 0. The molecule has 0 spiro atoms. The minimum atomic E-state index is -1.20. The first-order valence-corrected chi connectivity index (χ1v) is 5.61. The van der Waals surface area contributed by atoms with E-state index < -0.39 is 24.1 Å². The van der Waals surface area contributed by atoms with Crippen LogP contribution in [-0.4, -0.2) is 28.4 Å². The second-order valence-electron chi connectivity index (χ2n) is 4.25. The van der Waals surface area contributed by atoms with E-state index in [-0.39, 0.29) is 36.0 Å². The molecule has 1 aromatic rings. The van der Waals surface area contributed by atoms with Gasteiger partial charge < -0.3 is 20.1 Å². The quantitative estimate of drug-likeness (QED) is 0.526. The van der Waals surface area contributed by atoms with E-state index in [1.165, 1.54) is 6.92 Å². The zero-order chi connectivity index (χ0) is 12.8. The molecule has 3 atom stereocenters. The van der Waals surface area contributed by atoms with Gasteiger partial charge in [-0.2, -0.15) is 0 Å². The molecule has 0 radical (unpaired) electrons. The van der Waals surface area contributed by atoms with Gasteiger partial charge in [0.2, 0.25) is 0 Å². The number of aliphatic carboxylic acids is 1. The van der Waals surface area contributed by atoms with Gasteiger partial charge in [-0.25, -0.2) is 0 Å². The van der Waals surface area contributed by atoms with Crippen LogP contribution in [0.3, 0.4) is 0 Å². The van der Waals surface area contributed by atoms with Gasteiger partial charge in [0.1, 0.15) is 0 Å². The minimum Gasteiger partial charge on any atom is -0.550 e. The molecule has 5 heteroatoms. The second kappa shape index (κ2) is 8.67. The molecule has 94 valence electrons. The molecule has 1 aromatic carbocycles. The summed E-state index contributed by atoms with van der Waals surface area (Å²) in [5.74, 6) is -1.99. The van der Waals surface area contributed by atoms with E-state index in [0.29, 0.717) is 6.42 Å². The van der Waals surface area contributed by atoms with Crippen molar-refractivity contribution in [3.05, 3.63) is 35.9 Å². The van der Waals surface area contributed by atoms with E-state index in [9.17, 15) is 15.0 Å². The first-order chi connectivity index (χ1) is 8.00. The Bertz CT molecular complexity index is 353. The largest absolute Gasteiger partial charge is 1.00 e. The van der Waals surface area contributed by atoms with E-state index >= 15 is 0 Å². The fraction of sp³-hybridized carbons (Fsp3) is 0.462. The fourth-order valence-electron chi connectivity index (χ4n) is 1.65. The van der Waals surface area contributed by atoms with E-state index in [1.807, 2.05) is 30.3 Å². The maximum atomic E-state index is 11.0. The predicted octanol–water partition coefficient (Wildman–Crippen LogP) is -3.27. The van der Waals surface area contributed by atoms with Gasteiger partial charge in [0, 0.05) is 11.9 Å². The summed E-state index contributed by atoms with van der Waals surface area (Å²) in [6.45, 7) is 1.43. The number of hydrogen-bond donors (Lipinski definition) is 2. The van der Waals surface area contributed by atoms with E-state index in [4.69, 9.17) is 5.11 Å². The van der Waals surface area contributed by atoms with Crippen LogP contribution < -0.4 is 34.7 Å². The maximum Gasteiger partial charge on any atom is 1.00 e. The standard InChI is InChI=1S/C13H18O4.Na/c1-9(14)12(15)8-11(13(16)17)7-10-5-3-2-4-6-10;/h2-6,9,11-12,14-15H,7-8H2,1H3,(H,16,17);/q;+1/p-1/t9-,11?,12-;/m0./s1. The number of rotatable bonds is 6. The van der Waals surface area contributed by atoms with Crippen LogP contribution in [0.15, 0.2) is 30.3 Å². The number of carbonyl (C=O) groups excluding carboxylic acids is 1. The molecule has 1 rings (SSSR count). The summed E-state index contributed by atoms with van der Waals surface area (Å²) in [5.41, 5.74) is 0.875. The molecule has 0 aliphatic carbocycles. The monoisotopic (exact) mass is 260 g/mol. The van der Waals surface area contributed by atoms with Crippen molar-refractivity contribution >= 4 is 5.97 Å². The van der Waals surface area contributed by atoms with Gasteiger partial charge in [0.25, 0.3) is 0 Å². The number of carbonyl (C=O) groups is 1. The number of aliphatic hydroxyl groups is 2. The topological polar surface area (TPSA) is 80.6 Å². The summed E-state index contributed by atoms with van der Waals surface area (Å²) in [5, 5.41) is 29.6. The Labute approximate surface area is 129 Å². The van der Waals surface area contributed by atoms with Crippen molar-refractivity contribution in [3.63, 3.8) is 0 Å². The Hall–Kier alpha value is -0.390. The zero-order valence-corrected chi connectivity index (χ0v) is 12.7. The van der Waals surface area contributed by atoms with Crippen LogP contribution in [0, 0.1) is 5.92 Å². The average molecular weight is 260 g/mol. The summed E-state index contributed by atoms with van der Waals surface area (Å²) in [4.78, 5) is 11.0. The molecular formula is C13H17NaO4. The number of benzene rings is 1. The second-order valence-corrected chi connectivity index (χ2v) is 4.25. The molecule has 0 aliphatic rings. The van der Waals surface area contributed by atoms with Crippen LogP contribution in [-0.2, 0) is 11.2 Å². The third-order valence-corrected chi connectivity index (χ3v) is 2.74. The molecular weight excluding hydrogens is 243 g/mol. The molecule has 0 aliphatic heterocycles. The Morgan fingerprint density at radius 2 is 1.83 bits per heavy atom. The van der Waals surface area contributed by atoms with Crippen molar-refractivity contribution in [3.8, 4) is 0 Å². The average Bonchev–Trinajstić information content (AvgIpc) is 2.29. The van der Waals surface area contributed by atoms with Crippen molar-refractivity contribution in [2.75, 3.05) is 0 Å². The molecule has 4 nitrogen and oxygen atoms in total. The van der Waals surface area contributed by atoms with Gasteiger partial charge in [-0.3, -0.25) is 0 Å². The molecule has 0 fully saturated rings. The van der Waals surface area contributed by atoms with Crippen LogP contribution in [0.5, 0.6) is 0 Å². The van der Waals surface area contributed by atoms with Crippen molar-refractivity contribution in [1.82, 2.24) is 0 Å². The first-order valence-electron chi connectivity index (χ1n) is 5.61. The summed E-state index contributed by atoms with van der Waals surface area (Å²) in [7, 11) is 0. The number of hydrogen-bond acceptors (Lipinski definition) is 4. The number of carboxylic acids is 1. The summed E-state index contributed by atoms with van der Waals surface area (Å²) >= 11 is 0. The number of carboxylic acid groups (broad SMARTS) is 1. The predicted molar refractivity (Wildman–Crippen MR) is 60.9 cm³/mol. The van der Waals surface area contributed by atoms with Gasteiger partial charge >= 0.3 is 29.6 Å². The molecule has 1 unspecified atom stereocenters. The Kier molecular flexibility index (Phi) is 8.48. The summed E-state index contributed by atoms with van der Waals surface area (Å²) in [6.07, 6.45) is -1.68. The SMILES string of the molecule is C[C@H](O)[C@@H](O)CC(Cc1ccccc1)C(=O)[O-].[Na+]. The van der Waals surface area contributed by atoms with Crippen LogP contribution in [0.25, 0.3) is 0 Å². The molecule has 0 bridgehead atoms. The Morgan fingerprint density at radius 3 is 2.28 bits per heavy atom. The van der Waals surface area contributed by atoms with Crippen molar-refractivity contribution in [2.45, 2.75) is 32.0 Å². The van der Waals surface area contributed by atoms with E-state index in [1.54, 1.807) is 0 Å². The molecule has 0 amide bonds. The zero-order valence-electron chi connectivity index (χ0n) is 10.7. The van der Waals surface area contributed by atoms with Crippen LogP contribution in [0.1, 0.15) is 18.9 Å². The van der Waals surface area contributed by atoms with Gasteiger partial charge in [-0.15, -0.1) is 0 Å². The summed E-state index contributed by atoms with van der Waals surface area (Å²) < 4.78 is 0. The van der Waals surface area contributed by atoms with Gasteiger partial charge in [0.15, 0.2) is 0 Å². The third-order valence-electron chi connectivity index (χ3n) is 2.74. The van der Waals surface area contributed by atoms with E-state index in [0.717, 1.165) is 5.56 Å². The maximum absolute atomic E-state index is 11.0. The van der Waals surface area contributed by atoms with E-state index in [2.05, 4.69) is 0 Å². The van der Waals surface area contributed by atoms with Crippen LogP contribution >= 0.6 is 0 Å². The number of aliphatic hydroxyl groups excluding tert-OH is 2. The van der Waals surface area contributed by atoms with Crippen molar-refractivity contribution < 1.29 is 49.7 Å². The van der Waals surface area contributed by atoms with Crippen molar-refractivity contribution in [2.24, 2.45) is 5.92 Å². The van der Waals surface area contributed by atoms with Gasteiger partial charge in [-0.05, 0) is 25.3 Å². The van der Waals surface area contributed by atoms with Crippen molar-refractivity contribution in [1.29, 1.82) is 0 Å². The molecule has 0 saturated heterocycles. The molecule has 0 heterocycles. The van der Waals surface area contributed by atoms with Gasteiger partial charge in [-0.1, -0.05) is 30.3 Å². The van der Waals surface area contributed by atoms with Crippen LogP contribution in [0.4, 0.5) is 0 Å². The molecule has 2 N–H and O–H groups in total. The summed E-state index contributed by atoms with van der Waals surface area (Å²) in [6, 6.07) is 9.15. The molecule has 0 aromatic heterocycles. The Morgan fingerprint density at radius 1 is 1.28 bits per heavy atom. The molecule has 18 heavy (non-hydrogen) atoms. The Balaban J connectivity index is 0.00000289. The van der Waals surface area contributed by atoms with Gasteiger partial charge in [0.05, 0.1) is 12.2 Å². The smallest absolute Gasteiger partial charge is 0.550 e. The first kappa shape index (κ1) is 17.6. The van der Waals surface area contributed by atoms with Crippen LogP contribution in [0.2, 0.25) is 0 Å². The fourth-order valence-corrected chi connectivity index (χ4v) is 1.65.